The Balaban J connectivity index is 2.11. The fourth-order valence-electron chi connectivity index (χ4n) is 1.54. The van der Waals surface area contributed by atoms with Crippen LogP contribution in [0.2, 0.25) is 0 Å². The molecule has 0 unspecified atom stereocenters. The minimum atomic E-state index is 0.715. The average Bonchev–Trinajstić information content (AvgIpc) is 2.87. The lowest BCUT2D eigenvalue weighted by molar-refractivity contribution is 1.28. The summed E-state index contributed by atoms with van der Waals surface area (Å²) in [7, 11) is 1.83. The first kappa shape index (κ1) is 10.1. The SMILES string of the molecule is CNc1nc(-c2ccc3nccnc3c2)ns1. The van der Waals surface area contributed by atoms with Gasteiger partial charge in [-0.1, -0.05) is 0 Å². The van der Waals surface area contributed by atoms with E-state index in [1.165, 1.54) is 11.5 Å². The summed E-state index contributed by atoms with van der Waals surface area (Å²) in [6.07, 6.45) is 3.36. The topological polar surface area (TPSA) is 63.6 Å². The Kier molecular flexibility index (Phi) is 2.41. The van der Waals surface area contributed by atoms with E-state index in [1.807, 2.05) is 25.2 Å². The van der Waals surface area contributed by atoms with E-state index in [4.69, 9.17) is 0 Å². The summed E-state index contributed by atoms with van der Waals surface area (Å²) in [5.41, 5.74) is 2.68. The highest BCUT2D eigenvalue weighted by Crippen LogP contribution is 2.23. The summed E-state index contributed by atoms with van der Waals surface area (Å²) in [5, 5.41) is 3.78. The zero-order chi connectivity index (χ0) is 11.7. The number of anilines is 1. The van der Waals surface area contributed by atoms with Gasteiger partial charge in [0.2, 0.25) is 5.13 Å². The molecule has 84 valence electrons. The zero-order valence-corrected chi connectivity index (χ0v) is 9.90. The van der Waals surface area contributed by atoms with Gasteiger partial charge >= 0.3 is 0 Å². The molecule has 0 spiro atoms. The van der Waals surface area contributed by atoms with Gasteiger partial charge in [0, 0.05) is 36.5 Å². The van der Waals surface area contributed by atoms with Crippen molar-refractivity contribution in [3.63, 3.8) is 0 Å². The van der Waals surface area contributed by atoms with E-state index >= 15 is 0 Å². The number of rotatable bonds is 2. The third kappa shape index (κ3) is 1.83. The average molecular weight is 243 g/mol. The summed E-state index contributed by atoms with van der Waals surface area (Å²) in [6, 6.07) is 5.83. The molecule has 3 aromatic rings. The van der Waals surface area contributed by atoms with Crippen molar-refractivity contribution in [2.24, 2.45) is 0 Å². The van der Waals surface area contributed by atoms with Crippen molar-refractivity contribution in [1.82, 2.24) is 19.3 Å². The Hall–Kier alpha value is -2.08. The standard InChI is InChI=1S/C11H9N5S/c1-12-11-15-10(16-17-11)7-2-3-8-9(6-7)14-5-4-13-8/h2-6H,1H3,(H,12,15,16). The van der Waals surface area contributed by atoms with Crippen molar-refractivity contribution in [2.75, 3.05) is 12.4 Å². The van der Waals surface area contributed by atoms with Crippen molar-refractivity contribution < 1.29 is 0 Å². The van der Waals surface area contributed by atoms with E-state index in [-0.39, 0.29) is 0 Å². The smallest absolute Gasteiger partial charge is 0.202 e. The van der Waals surface area contributed by atoms with Gasteiger partial charge in [-0.25, -0.2) is 0 Å². The van der Waals surface area contributed by atoms with Crippen LogP contribution in [0.1, 0.15) is 0 Å². The summed E-state index contributed by atoms with van der Waals surface area (Å²) >= 11 is 1.34. The second-order valence-electron chi connectivity index (χ2n) is 3.43. The molecule has 0 amide bonds. The molecule has 0 saturated heterocycles. The molecular formula is C11H9N5S. The van der Waals surface area contributed by atoms with E-state index in [2.05, 4.69) is 24.6 Å². The number of hydrogen-bond donors (Lipinski definition) is 1. The fraction of sp³-hybridized carbons (Fsp3) is 0.0909. The molecule has 6 heteroatoms. The van der Waals surface area contributed by atoms with E-state index in [0.717, 1.165) is 21.7 Å². The van der Waals surface area contributed by atoms with Crippen molar-refractivity contribution in [3.8, 4) is 11.4 Å². The van der Waals surface area contributed by atoms with E-state index in [0.29, 0.717) is 5.82 Å². The van der Waals surface area contributed by atoms with Crippen LogP contribution in [0.15, 0.2) is 30.6 Å². The summed E-state index contributed by atoms with van der Waals surface area (Å²) in [5.74, 6) is 0.715. The van der Waals surface area contributed by atoms with Crippen LogP contribution in [0.25, 0.3) is 22.4 Å². The minimum Gasteiger partial charge on any atom is -0.363 e. The van der Waals surface area contributed by atoms with E-state index in [9.17, 15) is 0 Å². The predicted molar refractivity (Wildman–Crippen MR) is 68.0 cm³/mol. The van der Waals surface area contributed by atoms with Gasteiger partial charge in [0.05, 0.1) is 11.0 Å². The number of aromatic nitrogens is 4. The van der Waals surface area contributed by atoms with Gasteiger partial charge in [0.25, 0.3) is 0 Å². The molecule has 3 rings (SSSR count). The van der Waals surface area contributed by atoms with Gasteiger partial charge in [0.1, 0.15) is 0 Å². The Morgan fingerprint density at radius 1 is 1.12 bits per heavy atom. The Morgan fingerprint density at radius 2 is 1.94 bits per heavy atom. The molecule has 0 aliphatic carbocycles. The van der Waals surface area contributed by atoms with Crippen molar-refractivity contribution in [1.29, 1.82) is 0 Å². The first-order chi connectivity index (χ1) is 8.36. The van der Waals surface area contributed by atoms with Crippen LogP contribution in [0.4, 0.5) is 5.13 Å². The van der Waals surface area contributed by atoms with Crippen LogP contribution in [0, 0.1) is 0 Å². The molecule has 17 heavy (non-hydrogen) atoms. The Bertz CT molecular complexity index is 664. The molecule has 1 aromatic carbocycles. The molecule has 0 aliphatic rings. The number of nitrogens with one attached hydrogen (secondary N) is 1. The first-order valence-electron chi connectivity index (χ1n) is 5.09. The van der Waals surface area contributed by atoms with Gasteiger partial charge < -0.3 is 5.32 Å². The van der Waals surface area contributed by atoms with Crippen LogP contribution < -0.4 is 5.32 Å². The van der Waals surface area contributed by atoms with E-state index < -0.39 is 0 Å². The Labute approximate surface area is 102 Å². The zero-order valence-electron chi connectivity index (χ0n) is 9.08. The Morgan fingerprint density at radius 3 is 2.71 bits per heavy atom. The largest absolute Gasteiger partial charge is 0.363 e. The molecule has 1 N–H and O–H groups in total. The summed E-state index contributed by atoms with van der Waals surface area (Å²) in [4.78, 5) is 12.8. The maximum absolute atomic E-state index is 4.35. The molecular weight excluding hydrogens is 234 g/mol. The van der Waals surface area contributed by atoms with Crippen LogP contribution in [0.5, 0.6) is 0 Å². The molecule has 0 saturated carbocycles. The number of fused-ring (bicyclic) bond motifs is 1. The predicted octanol–water partition coefficient (Wildman–Crippen LogP) is 2.19. The molecule has 0 aliphatic heterocycles. The molecule has 2 heterocycles. The van der Waals surface area contributed by atoms with Gasteiger partial charge in [0.15, 0.2) is 5.82 Å². The third-order valence-corrected chi connectivity index (χ3v) is 3.10. The van der Waals surface area contributed by atoms with E-state index in [1.54, 1.807) is 12.4 Å². The number of nitrogens with zero attached hydrogens (tertiary/aromatic N) is 4. The molecule has 0 bridgehead atoms. The van der Waals surface area contributed by atoms with Crippen LogP contribution in [-0.2, 0) is 0 Å². The molecule has 0 atom stereocenters. The quantitative estimate of drug-likeness (QED) is 0.747. The monoisotopic (exact) mass is 243 g/mol. The first-order valence-corrected chi connectivity index (χ1v) is 5.87. The van der Waals surface area contributed by atoms with Gasteiger partial charge in [-0.05, 0) is 18.2 Å². The highest BCUT2D eigenvalue weighted by molar-refractivity contribution is 7.09. The van der Waals surface area contributed by atoms with Gasteiger partial charge in [-0.15, -0.1) is 0 Å². The third-order valence-electron chi connectivity index (χ3n) is 2.37. The lowest BCUT2D eigenvalue weighted by Gasteiger charge is -1.98. The van der Waals surface area contributed by atoms with Crippen molar-refractivity contribution in [3.05, 3.63) is 30.6 Å². The molecule has 0 fully saturated rings. The molecule has 5 nitrogen and oxygen atoms in total. The molecule has 2 aromatic heterocycles. The maximum atomic E-state index is 4.35. The maximum Gasteiger partial charge on any atom is 0.202 e. The highest BCUT2D eigenvalue weighted by Gasteiger charge is 2.06. The lowest BCUT2D eigenvalue weighted by Crippen LogP contribution is -1.87. The van der Waals surface area contributed by atoms with Crippen molar-refractivity contribution in [2.45, 2.75) is 0 Å². The minimum absolute atomic E-state index is 0.715. The molecule has 0 radical (unpaired) electrons. The summed E-state index contributed by atoms with van der Waals surface area (Å²) in [6.45, 7) is 0. The second-order valence-corrected chi connectivity index (χ2v) is 4.18. The lowest BCUT2D eigenvalue weighted by atomic mass is 10.2. The second kappa shape index (κ2) is 4.06. The van der Waals surface area contributed by atoms with Crippen LogP contribution in [-0.4, -0.2) is 26.4 Å². The number of hydrogen-bond acceptors (Lipinski definition) is 6. The van der Waals surface area contributed by atoms with Crippen LogP contribution in [0.3, 0.4) is 0 Å². The normalized spacial score (nSPS) is 10.6. The summed E-state index contributed by atoms with van der Waals surface area (Å²) < 4.78 is 4.28. The van der Waals surface area contributed by atoms with Crippen LogP contribution >= 0.6 is 11.5 Å². The fourth-order valence-corrected chi connectivity index (χ4v) is 2.08. The highest BCUT2D eigenvalue weighted by atomic mass is 32.1. The van der Waals surface area contributed by atoms with Gasteiger partial charge in [-0.2, -0.15) is 9.36 Å². The van der Waals surface area contributed by atoms with Crippen molar-refractivity contribution >= 4 is 27.7 Å². The number of benzene rings is 1. The van der Waals surface area contributed by atoms with Gasteiger partial charge in [-0.3, -0.25) is 9.97 Å².